The van der Waals surface area contributed by atoms with Gasteiger partial charge in [0.25, 0.3) is 15.5 Å². The van der Waals surface area contributed by atoms with E-state index in [1.165, 1.54) is 0 Å². The minimum Gasteiger partial charge on any atom is -0.242 e. The quantitative estimate of drug-likeness (QED) is 0.786. The molecule has 1 aromatic heterocycles. The van der Waals surface area contributed by atoms with Crippen LogP contribution < -0.4 is 0 Å². The summed E-state index contributed by atoms with van der Waals surface area (Å²) in [5, 5.41) is -1.17. The molecule has 84 valence electrons. The van der Waals surface area contributed by atoms with E-state index in [-0.39, 0.29) is 4.47 Å². The summed E-state index contributed by atoms with van der Waals surface area (Å²) in [7, 11) is 0.329. The lowest BCUT2D eigenvalue weighted by molar-refractivity contribution is 0.141. The van der Waals surface area contributed by atoms with Gasteiger partial charge in [0.1, 0.15) is 0 Å². The van der Waals surface area contributed by atoms with Gasteiger partial charge in [0.05, 0.1) is 10.0 Å². The van der Waals surface area contributed by atoms with E-state index in [0.29, 0.717) is 0 Å². The number of hydrogen-bond donors (Lipinski definition) is 0. The van der Waals surface area contributed by atoms with Crippen LogP contribution >= 0.6 is 26.6 Å². The average molecular weight is 325 g/mol. The first-order valence-corrected chi connectivity index (χ1v) is 6.42. The van der Waals surface area contributed by atoms with Crippen molar-refractivity contribution in [2.24, 2.45) is 0 Å². The summed E-state index contributed by atoms with van der Waals surface area (Å²) in [6.45, 7) is 0. The highest BCUT2D eigenvalue weighted by Crippen LogP contribution is 2.32. The van der Waals surface area contributed by atoms with Crippen molar-refractivity contribution in [2.75, 3.05) is 0 Å². The first-order valence-electron chi connectivity index (χ1n) is 3.32. The van der Waals surface area contributed by atoms with E-state index in [4.69, 9.17) is 10.7 Å². The zero-order chi connectivity index (χ0) is 11.8. The van der Waals surface area contributed by atoms with Crippen LogP contribution in [0.5, 0.6) is 0 Å². The molecule has 0 fully saturated rings. The largest absolute Gasteiger partial charge is 0.279 e. The van der Waals surface area contributed by atoms with Crippen LogP contribution in [0, 0.1) is 5.82 Å². The van der Waals surface area contributed by atoms with Crippen molar-refractivity contribution in [3.63, 3.8) is 0 Å². The zero-order valence-corrected chi connectivity index (χ0v) is 9.87. The van der Waals surface area contributed by atoms with E-state index in [1.807, 2.05) is 0 Å². The molecule has 1 rings (SSSR count). The summed E-state index contributed by atoms with van der Waals surface area (Å²) in [5.41, 5.74) is -1.33. The molecule has 0 saturated heterocycles. The van der Waals surface area contributed by atoms with Crippen LogP contribution in [0.15, 0.2) is 15.7 Å². The maximum absolute atomic E-state index is 13.2. The number of rotatable bonds is 2. The van der Waals surface area contributed by atoms with Gasteiger partial charge >= 0.3 is 0 Å². The number of halogens is 5. The molecule has 0 saturated carbocycles. The molecule has 0 aliphatic rings. The summed E-state index contributed by atoms with van der Waals surface area (Å²) in [5.74, 6) is -1.39. The Morgan fingerprint density at radius 2 is 2.00 bits per heavy atom. The van der Waals surface area contributed by atoms with Crippen LogP contribution in [-0.2, 0) is 9.05 Å². The van der Waals surface area contributed by atoms with E-state index in [9.17, 15) is 21.6 Å². The maximum atomic E-state index is 13.2. The summed E-state index contributed by atoms with van der Waals surface area (Å²) >= 11 is 2.61. The van der Waals surface area contributed by atoms with E-state index < -0.39 is 31.9 Å². The van der Waals surface area contributed by atoms with Gasteiger partial charge in [-0.25, -0.2) is 26.6 Å². The van der Waals surface area contributed by atoms with Gasteiger partial charge in [-0.3, -0.25) is 0 Å². The molecule has 3 nitrogen and oxygen atoms in total. The van der Waals surface area contributed by atoms with Gasteiger partial charge in [0.2, 0.25) is 0 Å². The smallest absolute Gasteiger partial charge is 0.242 e. The second-order valence-electron chi connectivity index (χ2n) is 2.38. The normalized spacial score (nSPS) is 12.1. The highest BCUT2D eigenvalue weighted by molar-refractivity contribution is 9.10. The number of hydrogen-bond acceptors (Lipinski definition) is 3. The van der Waals surface area contributed by atoms with Gasteiger partial charge < -0.3 is 0 Å². The van der Waals surface area contributed by atoms with E-state index >= 15 is 0 Å². The van der Waals surface area contributed by atoms with Gasteiger partial charge in [-0.2, -0.15) is 0 Å². The van der Waals surface area contributed by atoms with Crippen molar-refractivity contribution in [1.82, 2.24) is 4.98 Å². The van der Waals surface area contributed by atoms with E-state index in [1.54, 1.807) is 0 Å². The van der Waals surface area contributed by atoms with Gasteiger partial charge in [0, 0.05) is 16.9 Å². The van der Waals surface area contributed by atoms with E-state index in [0.717, 1.165) is 6.20 Å². The molecule has 1 heterocycles. The minimum atomic E-state index is -4.50. The van der Waals surface area contributed by atoms with Crippen molar-refractivity contribution in [3.05, 3.63) is 22.1 Å². The Balaban J connectivity index is 3.62. The second-order valence-corrected chi connectivity index (χ2v) is 5.71. The second kappa shape index (κ2) is 4.26. The van der Waals surface area contributed by atoms with Crippen LogP contribution in [0.1, 0.15) is 12.0 Å². The van der Waals surface area contributed by atoms with Gasteiger partial charge in [-0.05, 0) is 15.9 Å². The van der Waals surface area contributed by atoms with Crippen molar-refractivity contribution in [2.45, 2.75) is 11.5 Å². The number of alkyl halides is 2. The monoisotopic (exact) mass is 323 g/mol. The van der Waals surface area contributed by atoms with Gasteiger partial charge in [0.15, 0.2) is 10.8 Å². The van der Waals surface area contributed by atoms with Gasteiger partial charge in [-0.1, -0.05) is 0 Å². The van der Waals surface area contributed by atoms with E-state index in [2.05, 4.69) is 20.9 Å². The zero-order valence-electron chi connectivity index (χ0n) is 6.72. The fourth-order valence-electron chi connectivity index (χ4n) is 0.847. The molecule has 1 aromatic rings. The third kappa shape index (κ3) is 2.61. The number of nitrogens with zero attached hydrogens (tertiary/aromatic N) is 1. The van der Waals surface area contributed by atoms with Crippen LogP contribution in [0.2, 0.25) is 0 Å². The SMILES string of the molecule is O=S(=O)(Cl)c1ncc(Br)c(F)c1C(F)F. The topological polar surface area (TPSA) is 47.0 Å². The van der Waals surface area contributed by atoms with Crippen LogP contribution in [0.3, 0.4) is 0 Å². The molecule has 0 N–H and O–H groups in total. The molecule has 0 atom stereocenters. The standard InChI is InChI=1S/C6H2BrClF3NO2S/c7-2-1-12-6(15(8,13)14)3(4(2)9)5(10)11/h1,5H. The van der Waals surface area contributed by atoms with Crippen LogP contribution in [-0.4, -0.2) is 13.4 Å². The molecular weight excluding hydrogens is 322 g/mol. The molecule has 0 spiro atoms. The Labute approximate surface area is 95.8 Å². The lowest BCUT2D eigenvalue weighted by Gasteiger charge is -2.06. The number of pyridine rings is 1. The predicted molar refractivity (Wildman–Crippen MR) is 49.9 cm³/mol. The predicted octanol–water partition coefficient (Wildman–Crippen LogP) is 2.85. The summed E-state index contributed by atoms with van der Waals surface area (Å²) in [6, 6.07) is 0. The first-order chi connectivity index (χ1) is 6.75. The van der Waals surface area contributed by atoms with Gasteiger partial charge in [-0.15, -0.1) is 0 Å². The molecule has 0 radical (unpaired) electrons. The molecule has 0 aromatic carbocycles. The summed E-state index contributed by atoms with van der Waals surface area (Å²) in [4.78, 5) is 3.14. The maximum Gasteiger partial charge on any atom is 0.279 e. The Morgan fingerprint density at radius 3 is 2.40 bits per heavy atom. The Kier molecular flexibility index (Phi) is 3.62. The summed E-state index contributed by atoms with van der Waals surface area (Å²) < 4.78 is 59.2. The molecule has 9 heteroatoms. The van der Waals surface area contributed by atoms with Crippen molar-refractivity contribution < 1.29 is 21.6 Å². The molecular formula is C6H2BrClF3NO2S. The van der Waals surface area contributed by atoms with Crippen LogP contribution in [0.25, 0.3) is 0 Å². The first kappa shape index (κ1) is 12.7. The molecule has 0 aliphatic heterocycles. The highest BCUT2D eigenvalue weighted by atomic mass is 79.9. The number of aromatic nitrogens is 1. The average Bonchev–Trinajstić information content (AvgIpc) is 2.06. The lowest BCUT2D eigenvalue weighted by atomic mass is 10.3. The van der Waals surface area contributed by atoms with Crippen molar-refractivity contribution >= 4 is 35.7 Å². The third-order valence-electron chi connectivity index (χ3n) is 1.42. The minimum absolute atomic E-state index is 0.359. The fraction of sp³-hybridized carbons (Fsp3) is 0.167. The molecule has 0 unspecified atom stereocenters. The lowest BCUT2D eigenvalue weighted by Crippen LogP contribution is -2.05. The molecule has 15 heavy (non-hydrogen) atoms. The third-order valence-corrected chi connectivity index (χ3v) is 3.20. The molecule has 0 bridgehead atoms. The Morgan fingerprint density at radius 1 is 1.47 bits per heavy atom. The molecule has 0 amide bonds. The van der Waals surface area contributed by atoms with Crippen molar-refractivity contribution in [1.29, 1.82) is 0 Å². The molecule has 0 aliphatic carbocycles. The Bertz CT molecular complexity index is 493. The van der Waals surface area contributed by atoms with Crippen LogP contribution in [0.4, 0.5) is 13.2 Å². The Hall–Kier alpha value is -0.340. The highest BCUT2D eigenvalue weighted by Gasteiger charge is 2.28. The van der Waals surface area contributed by atoms with Crippen molar-refractivity contribution in [3.8, 4) is 0 Å². The fourth-order valence-corrected chi connectivity index (χ4v) is 2.15. The summed E-state index contributed by atoms with van der Waals surface area (Å²) in [6.07, 6.45) is -2.57.